The SMILES string of the molecule is CC(C)OC(=O)[C@@](C)(C(=O)[C@H]1NC(C)(C)CS1)N(c1ccc(OC(=O)N(C)C)cc1)S(=O)(=O)c1cc(Cl)sc1Cl. The van der Waals surface area contributed by atoms with Crippen LogP contribution in [0.4, 0.5) is 10.5 Å². The molecular formula is C25H31Cl2N3O7S3. The Labute approximate surface area is 252 Å². The van der Waals surface area contributed by atoms with Crippen molar-refractivity contribution in [1.29, 1.82) is 0 Å². The fourth-order valence-corrected chi connectivity index (χ4v) is 9.12. The van der Waals surface area contributed by atoms with Crippen molar-refractivity contribution in [2.75, 3.05) is 24.2 Å². The minimum absolute atomic E-state index is 0.0677. The first-order valence-corrected chi connectivity index (χ1v) is 16.1. The van der Waals surface area contributed by atoms with Crippen molar-refractivity contribution in [2.24, 2.45) is 0 Å². The molecule has 0 radical (unpaired) electrons. The second kappa shape index (κ2) is 12.1. The number of nitrogens with one attached hydrogen (secondary N) is 1. The fraction of sp³-hybridized carbons (Fsp3) is 0.480. The van der Waals surface area contributed by atoms with Crippen LogP contribution in [0.5, 0.6) is 5.75 Å². The van der Waals surface area contributed by atoms with Crippen molar-refractivity contribution in [3.05, 3.63) is 39.0 Å². The Bertz CT molecular complexity index is 1390. The maximum Gasteiger partial charge on any atom is 0.414 e. The molecule has 1 N–H and O–H groups in total. The van der Waals surface area contributed by atoms with E-state index in [9.17, 15) is 22.8 Å². The second-order valence-corrected chi connectivity index (χ2v) is 15.5. The molecule has 1 aliphatic rings. The van der Waals surface area contributed by atoms with Crippen LogP contribution in [0.3, 0.4) is 0 Å². The van der Waals surface area contributed by atoms with Crippen molar-refractivity contribution in [3.8, 4) is 5.75 Å². The minimum atomic E-state index is -4.70. The smallest absolute Gasteiger partial charge is 0.414 e. The lowest BCUT2D eigenvalue weighted by Gasteiger charge is -2.40. The van der Waals surface area contributed by atoms with E-state index in [-0.39, 0.29) is 25.0 Å². The number of halogens is 2. The zero-order valence-electron chi connectivity index (χ0n) is 23.0. The summed E-state index contributed by atoms with van der Waals surface area (Å²) >= 11 is 14.5. The largest absolute Gasteiger partial charge is 0.461 e. The molecule has 2 atom stereocenters. The van der Waals surface area contributed by atoms with Gasteiger partial charge in [0.1, 0.15) is 20.4 Å². The molecule has 1 aliphatic heterocycles. The Morgan fingerprint density at radius 1 is 1.15 bits per heavy atom. The highest BCUT2D eigenvalue weighted by Crippen LogP contribution is 2.42. The zero-order valence-corrected chi connectivity index (χ0v) is 26.9. The first-order valence-electron chi connectivity index (χ1n) is 12.0. The van der Waals surface area contributed by atoms with Crippen molar-refractivity contribution in [2.45, 2.75) is 62.1 Å². The summed E-state index contributed by atoms with van der Waals surface area (Å²) in [6, 6.07) is 6.52. The summed E-state index contributed by atoms with van der Waals surface area (Å²) in [4.78, 5) is 40.9. The molecule has 1 saturated heterocycles. The van der Waals surface area contributed by atoms with E-state index < -0.39 is 50.4 Å². The van der Waals surface area contributed by atoms with E-state index in [0.717, 1.165) is 17.4 Å². The maximum absolute atomic E-state index is 14.3. The highest BCUT2D eigenvalue weighted by atomic mass is 35.5. The van der Waals surface area contributed by atoms with Gasteiger partial charge in [0.2, 0.25) is 5.54 Å². The van der Waals surface area contributed by atoms with Crippen molar-refractivity contribution >= 4 is 79.9 Å². The first kappa shape index (κ1) is 32.5. The third-order valence-corrected chi connectivity index (χ3v) is 11.0. The summed E-state index contributed by atoms with van der Waals surface area (Å²) in [5.74, 6) is -1.13. The Morgan fingerprint density at radius 2 is 1.75 bits per heavy atom. The molecule has 0 saturated carbocycles. The van der Waals surface area contributed by atoms with Gasteiger partial charge in [-0.1, -0.05) is 23.2 Å². The molecule has 1 aromatic carbocycles. The average molecular weight is 653 g/mol. The molecule has 0 unspecified atom stereocenters. The number of ketones is 1. The number of anilines is 1. The number of hydrogen-bond acceptors (Lipinski definition) is 10. The van der Waals surface area contributed by atoms with Gasteiger partial charge in [0.15, 0.2) is 5.78 Å². The van der Waals surface area contributed by atoms with Crippen molar-refractivity contribution in [3.63, 3.8) is 0 Å². The van der Waals surface area contributed by atoms with E-state index in [1.807, 2.05) is 13.8 Å². The number of Topliss-reactive ketones (excluding diaryl/α,β-unsaturated/α-hetero) is 1. The summed E-state index contributed by atoms with van der Waals surface area (Å²) in [5.41, 5.74) is -2.89. The zero-order chi connectivity index (χ0) is 30.2. The third kappa shape index (κ3) is 6.71. The van der Waals surface area contributed by atoms with Crippen LogP contribution < -0.4 is 14.4 Å². The van der Waals surface area contributed by atoms with Gasteiger partial charge in [-0.15, -0.1) is 23.1 Å². The summed E-state index contributed by atoms with van der Waals surface area (Å²) in [5, 5.41) is 2.26. The molecule has 2 aromatic rings. The van der Waals surface area contributed by atoms with Gasteiger partial charge in [-0.05, 0) is 65.0 Å². The quantitative estimate of drug-likeness (QED) is 0.294. The van der Waals surface area contributed by atoms with Crippen LogP contribution in [-0.4, -0.2) is 73.6 Å². The topological polar surface area (TPSA) is 122 Å². The van der Waals surface area contributed by atoms with E-state index in [2.05, 4.69) is 5.32 Å². The fourth-order valence-electron chi connectivity index (χ4n) is 3.82. The van der Waals surface area contributed by atoms with Gasteiger partial charge < -0.3 is 14.4 Å². The summed E-state index contributed by atoms with van der Waals surface area (Å²) < 4.78 is 40.0. The third-order valence-electron chi connectivity index (χ3n) is 5.78. The monoisotopic (exact) mass is 651 g/mol. The highest BCUT2D eigenvalue weighted by Gasteiger charge is 2.57. The summed E-state index contributed by atoms with van der Waals surface area (Å²) in [7, 11) is -1.69. The summed E-state index contributed by atoms with van der Waals surface area (Å²) in [6.07, 6.45) is -1.30. The van der Waals surface area contributed by atoms with Crippen LogP contribution in [0.1, 0.15) is 34.6 Å². The van der Waals surface area contributed by atoms with Gasteiger partial charge in [-0.2, -0.15) is 0 Å². The number of thioether (sulfide) groups is 1. The van der Waals surface area contributed by atoms with E-state index in [1.165, 1.54) is 61.9 Å². The van der Waals surface area contributed by atoms with Crippen LogP contribution in [0, 0.1) is 0 Å². The van der Waals surface area contributed by atoms with Crippen LogP contribution in [0.2, 0.25) is 8.67 Å². The minimum Gasteiger partial charge on any atom is -0.461 e. The van der Waals surface area contributed by atoms with Crippen LogP contribution >= 0.6 is 46.3 Å². The molecule has 1 fully saturated rings. The number of amides is 1. The lowest BCUT2D eigenvalue weighted by atomic mass is 9.94. The maximum atomic E-state index is 14.3. The van der Waals surface area contributed by atoms with Gasteiger partial charge in [0.25, 0.3) is 10.0 Å². The van der Waals surface area contributed by atoms with E-state index in [0.29, 0.717) is 10.1 Å². The predicted molar refractivity (Wildman–Crippen MR) is 158 cm³/mol. The molecule has 15 heteroatoms. The number of ether oxygens (including phenoxy) is 2. The first-order chi connectivity index (χ1) is 18.4. The molecule has 220 valence electrons. The summed E-state index contributed by atoms with van der Waals surface area (Å²) in [6.45, 7) is 8.19. The molecule has 1 aromatic heterocycles. The van der Waals surface area contributed by atoms with Crippen LogP contribution in [0.25, 0.3) is 0 Å². The number of sulfonamides is 1. The second-order valence-electron chi connectivity index (χ2n) is 10.3. The highest BCUT2D eigenvalue weighted by molar-refractivity contribution is 8.01. The number of hydrogen-bond donors (Lipinski definition) is 1. The Kier molecular flexibility index (Phi) is 9.80. The molecule has 10 nitrogen and oxygen atoms in total. The van der Waals surface area contributed by atoms with Gasteiger partial charge in [0.05, 0.1) is 16.1 Å². The molecule has 0 bridgehead atoms. The number of rotatable bonds is 9. The number of esters is 1. The predicted octanol–water partition coefficient (Wildman–Crippen LogP) is 5.03. The molecule has 0 aliphatic carbocycles. The normalized spacial score (nSPS) is 18.2. The van der Waals surface area contributed by atoms with Gasteiger partial charge >= 0.3 is 12.1 Å². The van der Waals surface area contributed by atoms with E-state index in [1.54, 1.807) is 13.8 Å². The van der Waals surface area contributed by atoms with Gasteiger partial charge in [0, 0.05) is 25.4 Å². The molecule has 0 spiro atoms. The van der Waals surface area contributed by atoms with E-state index >= 15 is 0 Å². The molecule has 1 amide bonds. The molecule has 3 rings (SSSR count). The number of thiophene rings is 1. The van der Waals surface area contributed by atoms with Crippen molar-refractivity contribution < 1.29 is 32.3 Å². The lowest BCUT2D eigenvalue weighted by Crippen LogP contribution is -2.65. The van der Waals surface area contributed by atoms with Crippen LogP contribution in [-0.2, 0) is 24.3 Å². The number of benzene rings is 1. The average Bonchev–Trinajstić information content (AvgIpc) is 3.39. The standard InChI is InChI=1S/C25H31Cl2N3O7S3/c1-14(2)36-22(32)25(5,19(31)21-28-24(3,4)13-38-21)30(40(34,35)17-12-18(26)39-20(17)27)15-8-10-16(11-9-15)37-23(33)29(6)7/h8-12,14,21,28H,13H2,1-7H3/t21-,25+/m0/s1. The van der Waals surface area contributed by atoms with Gasteiger partial charge in [-0.25, -0.2) is 22.3 Å². The number of carbonyl (C=O) groups is 3. The Balaban J connectivity index is 2.26. The number of carbonyl (C=O) groups excluding carboxylic acids is 3. The van der Waals surface area contributed by atoms with Crippen LogP contribution in [0.15, 0.2) is 35.2 Å². The molecule has 2 heterocycles. The Hall–Kier alpha value is -2.03. The van der Waals surface area contributed by atoms with E-state index in [4.69, 9.17) is 32.7 Å². The molecular weight excluding hydrogens is 621 g/mol. The number of nitrogens with zero attached hydrogens (tertiary/aromatic N) is 2. The molecule has 40 heavy (non-hydrogen) atoms. The van der Waals surface area contributed by atoms with Gasteiger partial charge in [-0.3, -0.25) is 10.1 Å². The lowest BCUT2D eigenvalue weighted by molar-refractivity contribution is -0.156. The Morgan fingerprint density at radius 3 is 2.20 bits per heavy atom. The van der Waals surface area contributed by atoms with Crippen molar-refractivity contribution in [1.82, 2.24) is 10.2 Å².